The average Bonchev–Trinajstić information content (AvgIpc) is 2.43. The van der Waals surface area contributed by atoms with Gasteiger partial charge in [0, 0.05) is 25.3 Å². The number of benzene rings is 1. The molecule has 0 atom stereocenters. The molecule has 0 radical (unpaired) electrons. The third-order valence-corrected chi connectivity index (χ3v) is 3.24. The number of nitrogens with zero attached hydrogens (tertiary/aromatic N) is 1. The molecule has 3 nitrogen and oxygen atoms in total. The first-order chi connectivity index (χ1) is 9.93. The van der Waals surface area contributed by atoms with Crippen LogP contribution < -0.4 is 10.2 Å². The second-order valence-corrected chi connectivity index (χ2v) is 4.94. The fourth-order valence-electron chi connectivity index (χ4n) is 2.22. The van der Waals surface area contributed by atoms with E-state index in [4.69, 9.17) is 5.11 Å². The second-order valence-electron chi connectivity index (χ2n) is 4.94. The fraction of sp³-hybridized carbons (Fsp3) is 0.600. The number of anilines is 1. The lowest BCUT2D eigenvalue weighted by molar-refractivity contribution is -0.137. The van der Waals surface area contributed by atoms with Crippen molar-refractivity contribution in [3.8, 4) is 0 Å². The molecule has 1 rings (SSSR count). The third-order valence-electron chi connectivity index (χ3n) is 3.24. The van der Waals surface area contributed by atoms with Crippen LogP contribution in [0.25, 0.3) is 0 Å². The van der Waals surface area contributed by atoms with E-state index in [1.165, 1.54) is 12.1 Å². The van der Waals surface area contributed by atoms with Crippen LogP contribution in [0.4, 0.5) is 18.9 Å². The van der Waals surface area contributed by atoms with Crippen molar-refractivity contribution >= 4 is 5.69 Å². The van der Waals surface area contributed by atoms with Crippen LogP contribution in [0.15, 0.2) is 18.2 Å². The van der Waals surface area contributed by atoms with Crippen molar-refractivity contribution in [1.82, 2.24) is 5.32 Å². The number of aliphatic hydroxyl groups excluding tert-OH is 1. The number of aliphatic hydroxyl groups is 1. The Labute approximate surface area is 123 Å². The maximum Gasteiger partial charge on any atom is 0.418 e. The predicted octanol–water partition coefficient (Wildman–Crippen LogP) is 3.02. The molecule has 0 unspecified atom stereocenters. The van der Waals surface area contributed by atoms with Crippen LogP contribution >= 0.6 is 0 Å². The third kappa shape index (κ3) is 5.21. The monoisotopic (exact) mass is 304 g/mol. The Morgan fingerprint density at radius 1 is 1.24 bits per heavy atom. The maximum atomic E-state index is 13.3. The van der Waals surface area contributed by atoms with E-state index in [1.54, 1.807) is 18.0 Å². The molecule has 120 valence electrons. The van der Waals surface area contributed by atoms with Crippen molar-refractivity contribution in [2.45, 2.75) is 32.5 Å². The summed E-state index contributed by atoms with van der Waals surface area (Å²) >= 11 is 0. The van der Waals surface area contributed by atoms with E-state index in [0.29, 0.717) is 18.7 Å². The molecule has 0 aromatic heterocycles. The van der Waals surface area contributed by atoms with Gasteiger partial charge in [-0.1, -0.05) is 19.4 Å². The normalized spacial score (nSPS) is 11.7. The van der Waals surface area contributed by atoms with E-state index in [-0.39, 0.29) is 18.8 Å². The van der Waals surface area contributed by atoms with E-state index >= 15 is 0 Å². The van der Waals surface area contributed by atoms with Gasteiger partial charge >= 0.3 is 6.18 Å². The van der Waals surface area contributed by atoms with Gasteiger partial charge in [0.2, 0.25) is 0 Å². The first-order valence-corrected chi connectivity index (χ1v) is 7.14. The molecule has 0 fully saturated rings. The van der Waals surface area contributed by atoms with Crippen molar-refractivity contribution in [2.75, 3.05) is 31.6 Å². The summed E-state index contributed by atoms with van der Waals surface area (Å²) in [5, 5.41) is 11.9. The minimum atomic E-state index is -4.40. The van der Waals surface area contributed by atoms with Crippen molar-refractivity contribution in [3.05, 3.63) is 29.3 Å². The number of alkyl halides is 3. The highest BCUT2D eigenvalue weighted by Crippen LogP contribution is 2.37. The maximum absolute atomic E-state index is 13.3. The topological polar surface area (TPSA) is 35.5 Å². The van der Waals surface area contributed by atoms with Gasteiger partial charge < -0.3 is 15.3 Å². The summed E-state index contributed by atoms with van der Waals surface area (Å²) in [5.41, 5.74) is 0.0951. The van der Waals surface area contributed by atoms with E-state index < -0.39 is 11.7 Å². The van der Waals surface area contributed by atoms with Crippen LogP contribution in [0.2, 0.25) is 0 Å². The standard InChI is InChI=1S/C15H23F3N2O/c1-3-4-7-20(8-9-21)14-6-5-12(11-19-2)10-13(14)15(16,17)18/h5-6,10,19,21H,3-4,7-9,11H2,1-2H3. The van der Waals surface area contributed by atoms with Crippen LogP contribution in [-0.4, -0.2) is 31.9 Å². The Morgan fingerprint density at radius 3 is 2.48 bits per heavy atom. The lowest BCUT2D eigenvalue weighted by Crippen LogP contribution is -2.30. The van der Waals surface area contributed by atoms with Crippen molar-refractivity contribution in [3.63, 3.8) is 0 Å². The Kier molecular flexibility index (Phi) is 6.98. The molecule has 1 aromatic carbocycles. The van der Waals surface area contributed by atoms with Crippen LogP contribution in [-0.2, 0) is 12.7 Å². The van der Waals surface area contributed by atoms with Crippen molar-refractivity contribution in [1.29, 1.82) is 0 Å². The highest BCUT2D eigenvalue weighted by molar-refractivity contribution is 5.56. The molecule has 0 amide bonds. The van der Waals surface area contributed by atoms with Gasteiger partial charge in [-0.3, -0.25) is 0 Å². The molecule has 6 heteroatoms. The van der Waals surface area contributed by atoms with Gasteiger partial charge in [-0.2, -0.15) is 13.2 Å². The number of rotatable bonds is 8. The highest BCUT2D eigenvalue weighted by atomic mass is 19.4. The summed E-state index contributed by atoms with van der Waals surface area (Å²) in [6, 6.07) is 4.38. The van der Waals surface area contributed by atoms with Gasteiger partial charge in [-0.15, -0.1) is 0 Å². The van der Waals surface area contributed by atoms with Crippen LogP contribution in [0.3, 0.4) is 0 Å². The molecule has 2 N–H and O–H groups in total. The van der Waals surface area contributed by atoms with Gasteiger partial charge in [0.25, 0.3) is 0 Å². The van der Waals surface area contributed by atoms with Gasteiger partial charge in [0.1, 0.15) is 0 Å². The Morgan fingerprint density at radius 2 is 1.95 bits per heavy atom. The number of halogens is 3. The Bertz CT molecular complexity index is 435. The largest absolute Gasteiger partial charge is 0.418 e. The molecule has 0 heterocycles. The van der Waals surface area contributed by atoms with Gasteiger partial charge in [-0.25, -0.2) is 0 Å². The zero-order valence-electron chi connectivity index (χ0n) is 12.5. The van der Waals surface area contributed by atoms with E-state index in [9.17, 15) is 13.2 Å². The minimum Gasteiger partial charge on any atom is -0.395 e. The lowest BCUT2D eigenvalue weighted by atomic mass is 10.1. The minimum absolute atomic E-state index is 0.143. The fourth-order valence-corrected chi connectivity index (χ4v) is 2.22. The van der Waals surface area contributed by atoms with Crippen LogP contribution in [0.5, 0.6) is 0 Å². The summed E-state index contributed by atoms with van der Waals surface area (Å²) in [6.45, 7) is 2.91. The molecule has 0 bridgehead atoms. The molecule has 21 heavy (non-hydrogen) atoms. The van der Waals surface area contributed by atoms with Crippen LogP contribution in [0.1, 0.15) is 30.9 Å². The van der Waals surface area contributed by atoms with E-state index in [2.05, 4.69) is 5.32 Å². The molecule has 0 saturated carbocycles. The molecular formula is C15H23F3N2O. The molecule has 0 aliphatic carbocycles. The van der Waals surface area contributed by atoms with Gasteiger partial charge in [0.05, 0.1) is 12.2 Å². The zero-order valence-corrected chi connectivity index (χ0v) is 12.5. The average molecular weight is 304 g/mol. The number of nitrogens with one attached hydrogen (secondary N) is 1. The smallest absolute Gasteiger partial charge is 0.395 e. The molecular weight excluding hydrogens is 281 g/mol. The van der Waals surface area contributed by atoms with E-state index in [0.717, 1.165) is 12.8 Å². The molecule has 0 saturated heterocycles. The predicted molar refractivity (Wildman–Crippen MR) is 78.4 cm³/mol. The molecule has 0 aliphatic heterocycles. The number of unbranched alkanes of at least 4 members (excludes halogenated alkanes) is 1. The molecule has 1 aromatic rings. The van der Waals surface area contributed by atoms with Crippen molar-refractivity contribution < 1.29 is 18.3 Å². The lowest BCUT2D eigenvalue weighted by Gasteiger charge is -2.27. The Hall–Kier alpha value is -1.27. The second kappa shape index (κ2) is 8.24. The first kappa shape index (κ1) is 17.8. The zero-order chi connectivity index (χ0) is 15.9. The molecule has 0 spiro atoms. The number of hydrogen-bond acceptors (Lipinski definition) is 3. The van der Waals surface area contributed by atoms with Crippen molar-refractivity contribution in [2.24, 2.45) is 0 Å². The summed E-state index contributed by atoms with van der Waals surface area (Å²) < 4.78 is 39.8. The van der Waals surface area contributed by atoms with Crippen LogP contribution in [0, 0.1) is 0 Å². The highest BCUT2D eigenvalue weighted by Gasteiger charge is 2.35. The van der Waals surface area contributed by atoms with Gasteiger partial charge in [0.15, 0.2) is 0 Å². The van der Waals surface area contributed by atoms with E-state index in [1.807, 2.05) is 6.92 Å². The first-order valence-electron chi connectivity index (χ1n) is 7.14. The quantitative estimate of drug-likeness (QED) is 0.775. The SMILES string of the molecule is CCCCN(CCO)c1ccc(CNC)cc1C(F)(F)F. The van der Waals surface area contributed by atoms with Gasteiger partial charge in [-0.05, 0) is 31.2 Å². The summed E-state index contributed by atoms with van der Waals surface area (Å²) in [5.74, 6) is 0. The summed E-state index contributed by atoms with van der Waals surface area (Å²) in [4.78, 5) is 1.61. The summed E-state index contributed by atoms with van der Waals surface area (Å²) in [7, 11) is 1.69. The molecule has 0 aliphatic rings. The summed E-state index contributed by atoms with van der Waals surface area (Å²) in [6.07, 6.45) is -2.73. The number of hydrogen-bond donors (Lipinski definition) is 2. The Balaban J connectivity index is 3.17.